The van der Waals surface area contributed by atoms with Gasteiger partial charge < -0.3 is 14.6 Å². The molecule has 1 aromatic heterocycles. The molecule has 0 saturated carbocycles. The van der Waals surface area contributed by atoms with Crippen molar-refractivity contribution in [3.63, 3.8) is 0 Å². The molecule has 1 saturated heterocycles. The van der Waals surface area contributed by atoms with E-state index in [4.69, 9.17) is 4.42 Å². The minimum absolute atomic E-state index is 0.285. The summed E-state index contributed by atoms with van der Waals surface area (Å²) in [6.45, 7) is 6.57. The fourth-order valence-electron chi connectivity index (χ4n) is 2.60. The second-order valence-electron chi connectivity index (χ2n) is 5.26. The lowest BCUT2D eigenvalue weighted by atomic mass is 10.0. The lowest BCUT2D eigenvalue weighted by Crippen LogP contribution is -2.55. The van der Waals surface area contributed by atoms with E-state index in [2.05, 4.69) is 42.2 Å². The third-order valence-corrected chi connectivity index (χ3v) is 3.75. The van der Waals surface area contributed by atoms with E-state index in [9.17, 15) is 0 Å². The molecule has 18 heavy (non-hydrogen) atoms. The summed E-state index contributed by atoms with van der Waals surface area (Å²) in [5, 5.41) is 3.63. The number of piperazine rings is 1. The average Bonchev–Trinajstić information content (AvgIpc) is 2.88. The van der Waals surface area contributed by atoms with Crippen LogP contribution >= 0.6 is 0 Å². The predicted molar refractivity (Wildman–Crippen MR) is 73.7 cm³/mol. The van der Waals surface area contributed by atoms with Crippen LogP contribution in [0, 0.1) is 0 Å². The molecule has 0 amide bonds. The number of nitrogens with one attached hydrogen (secondary N) is 1. The summed E-state index contributed by atoms with van der Waals surface area (Å²) in [7, 11) is 4.40. The molecule has 0 aliphatic carbocycles. The van der Waals surface area contributed by atoms with E-state index in [0.29, 0.717) is 6.04 Å². The van der Waals surface area contributed by atoms with Gasteiger partial charge in [-0.3, -0.25) is 4.90 Å². The maximum atomic E-state index is 5.62. The van der Waals surface area contributed by atoms with Crippen molar-refractivity contribution in [1.29, 1.82) is 0 Å². The molecule has 2 atom stereocenters. The van der Waals surface area contributed by atoms with Crippen LogP contribution in [0.1, 0.15) is 25.1 Å². The van der Waals surface area contributed by atoms with E-state index in [1.54, 1.807) is 6.26 Å². The number of rotatable bonds is 5. The van der Waals surface area contributed by atoms with Gasteiger partial charge in [0.1, 0.15) is 5.76 Å². The van der Waals surface area contributed by atoms with Crippen molar-refractivity contribution in [3.8, 4) is 0 Å². The van der Waals surface area contributed by atoms with Gasteiger partial charge in [-0.05, 0) is 39.2 Å². The van der Waals surface area contributed by atoms with Gasteiger partial charge in [0.25, 0.3) is 0 Å². The van der Waals surface area contributed by atoms with Crippen molar-refractivity contribution in [2.75, 3.05) is 40.3 Å². The van der Waals surface area contributed by atoms with Gasteiger partial charge in [0, 0.05) is 25.7 Å². The molecule has 1 aromatic rings. The Morgan fingerprint density at radius 2 is 2.28 bits per heavy atom. The van der Waals surface area contributed by atoms with Gasteiger partial charge in [0.15, 0.2) is 0 Å². The maximum Gasteiger partial charge on any atom is 0.122 e. The fraction of sp³-hybridized carbons (Fsp3) is 0.714. The highest BCUT2D eigenvalue weighted by Gasteiger charge is 2.31. The Bertz CT molecular complexity index is 339. The monoisotopic (exact) mass is 251 g/mol. The van der Waals surface area contributed by atoms with E-state index in [1.807, 2.05) is 6.07 Å². The van der Waals surface area contributed by atoms with Crippen molar-refractivity contribution in [3.05, 3.63) is 24.2 Å². The summed E-state index contributed by atoms with van der Waals surface area (Å²) >= 11 is 0. The molecule has 0 bridgehead atoms. The molecule has 4 heteroatoms. The SMILES string of the molecule is CCCNC(c1ccco1)C1CN(C)CCN1C. The Hall–Kier alpha value is -0.840. The van der Waals surface area contributed by atoms with Gasteiger partial charge in [-0.25, -0.2) is 0 Å². The molecule has 4 nitrogen and oxygen atoms in total. The van der Waals surface area contributed by atoms with E-state index in [-0.39, 0.29) is 6.04 Å². The summed E-state index contributed by atoms with van der Waals surface area (Å²) in [5.74, 6) is 1.05. The molecule has 1 fully saturated rings. The third kappa shape index (κ3) is 3.13. The Morgan fingerprint density at radius 1 is 1.44 bits per heavy atom. The zero-order valence-electron chi connectivity index (χ0n) is 11.7. The Morgan fingerprint density at radius 3 is 2.94 bits per heavy atom. The molecule has 2 unspecified atom stereocenters. The fourth-order valence-corrected chi connectivity index (χ4v) is 2.60. The number of hydrogen-bond acceptors (Lipinski definition) is 4. The van der Waals surface area contributed by atoms with Crippen LogP contribution in [0.25, 0.3) is 0 Å². The third-order valence-electron chi connectivity index (χ3n) is 3.75. The van der Waals surface area contributed by atoms with Crippen LogP contribution in [0.2, 0.25) is 0 Å². The lowest BCUT2D eigenvalue weighted by molar-refractivity contribution is 0.0815. The van der Waals surface area contributed by atoms with Gasteiger partial charge in [-0.1, -0.05) is 6.92 Å². The molecule has 102 valence electrons. The summed E-state index contributed by atoms with van der Waals surface area (Å²) in [6, 6.07) is 4.81. The number of likely N-dealkylation sites (N-methyl/N-ethyl adjacent to an activating group) is 2. The van der Waals surface area contributed by atoms with E-state index >= 15 is 0 Å². The predicted octanol–water partition coefficient (Wildman–Crippen LogP) is 1.57. The smallest absolute Gasteiger partial charge is 0.122 e. The zero-order valence-corrected chi connectivity index (χ0v) is 11.7. The molecular formula is C14H25N3O. The molecule has 1 N–H and O–H groups in total. The highest BCUT2D eigenvalue weighted by atomic mass is 16.3. The molecule has 2 rings (SSSR count). The van der Waals surface area contributed by atoms with E-state index in [0.717, 1.165) is 38.4 Å². The van der Waals surface area contributed by atoms with Crippen LogP contribution < -0.4 is 5.32 Å². The first-order valence-electron chi connectivity index (χ1n) is 6.88. The molecular weight excluding hydrogens is 226 g/mol. The first kappa shape index (κ1) is 13.6. The zero-order chi connectivity index (χ0) is 13.0. The van der Waals surface area contributed by atoms with Gasteiger partial charge in [0.05, 0.1) is 12.3 Å². The highest BCUT2D eigenvalue weighted by molar-refractivity contribution is 5.09. The highest BCUT2D eigenvalue weighted by Crippen LogP contribution is 2.23. The minimum atomic E-state index is 0.285. The summed E-state index contributed by atoms with van der Waals surface area (Å²) < 4.78 is 5.62. The van der Waals surface area contributed by atoms with Crippen molar-refractivity contribution >= 4 is 0 Å². The van der Waals surface area contributed by atoms with Crippen molar-refractivity contribution < 1.29 is 4.42 Å². The van der Waals surface area contributed by atoms with Gasteiger partial charge in [-0.2, -0.15) is 0 Å². The van der Waals surface area contributed by atoms with Crippen LogP contribution in [-0.2, 0) is 0 Å². The number of furan rings is 1. The molecule has 0 radical (unpaired) electrons. The molecule has 1 aliphatic rings. The van der Waals surface area contributed by atoms with Crippen LogP contribution in [0.3, 0.4) is 0 Å². The van der Waals surface area contributed by atoms with Crippen LogP contribution in [-0.4, -0.2) is 56.1 Å². The lowest BCUT2D eigenvalue weighted by Gasteiger charge is -2.41. The van der Waals surface area contributed by atoms with Gasteiger partial charge in [0.2, 0.25) is 0 Å². The normalized spacial score (nSPS) is 24.3. The van der Waals surface area contributed by atoms with Crippen LogP contribution in [0.15, 0.2) is 22.8 Å². The van der Waals surface area contributed by atoms with Crippen molar-refractivity contribution in [2.45, 2.75) is 25.4 Å². The second kappa shape index (κ2) is 6.36. The van der Waals surface area contributed by atoms with Gasteiger partial charge in [-0.15, -0.1) is 0 Å². The molecule has 0 aromatic carbocycles. The number of nitrogens with zero attached hydrogens (tertiary/aromatic N) is 2. The Labute approximate surface area is 110 Å². The first-order valence-corrected chi connectivity index (χ1v) is 6.88. The molecule has 2 heterocycles. The average molecular weight is 251 g/mol. The van der Waals surface area contributed by atoms with Crippen LogP contribution in [0.4, 0.5) is 0 Å². The molecule has 1 aliphatic heterocycles. The van der Waals surface area contributed by atoms with Crippen LogP contribution in [0.5, 0.6) is 0 Å². The van der Waals surface area contributed by atoms with E-state index in [1.165, 1.54) is 0 Å². The summed E-state index contributed by atoms with van der Waals surface area (Å²) in [5.41, 5.74) is 0. The minimum Gasteiger partial charge on any atom is -0.468 e. The number of hydrogen-bond donors (Lipinski definition) is 1. The first-order chi connectivity index (χ1) is 8.72. The summed E-state index contributed by atoms with van der Waals surface area (Å²) in [4.78, 5) is 4.84. The van der Waals surface area contributed by atoms with Crippen molar-refractivity contribution in [1.82, 2.24) is 15.1 Å². The quantitative estimate of drug-likeness (QED) is 0.861. The topological polar surface area (TPSA) is 31.7 Å². The Balaban J connectivity index is 2.11. The Kier molecular flexibility index (Phi) is 4.80. The van der Waals surface area contributed by atoms with Gasteiger partial charge >= 0.3 is 0 Å². The standard InChI is InChI=1S/C14H25N3O/c1-4-7-15-14(13-6-5-10-18-13)12-11-16(2)8-9-17(12)3/h5-6,10,12,14-15H,4,7-9,11H2,1-3H3. The maximum absolute atomic E-state index is 5.62. The summed E-state index contributed by atoms with van der Waals surface area (Å²) in [6.07, 6.45) is 2.91. The van der Waals surface area contributed by atoms with E-state index < -0.39 is 0 Å². The molecule has 0 spiro atoms. The second-order valence-corrected chi connectivity index (χ2v) is 5.26. The van der Waals surface area contributed by atoms with Crippen molar-refractivity contribution in [2.24, 2.45) is 0 Å². The largest absolute Gasteiger partial charge is 0.468 e.